The summed E-state index contributed by atoms with van der Waals surface area (Å²) in [5.41, 5.74) is 0. The van der Waals surface area contributed by atoms with Crippen molar-refractivity contribution in [3.8, 4) is 0 Å². The minimum absolute atomic E-state index is 0.585. The highest BCUT2D eigenvalue weighted by Crippen LogP contribution is 2.34. The first-order valence-electron chi connectivity index (χ1n) is 7.48. The van der Waals surface area contributed by atoms with Crippen LogP contribution in [0.25, 0.3) is 0 Å². The molecule has 2 saturated carbocycles. The van der Waals surface area contributed by atoms with Gasteiger partial charge in [-0.25, -0.2) is 9.67 Å². The Bertz CT molecular complexity index is 383. The van der Waals surface area contributed by atoms with Gasteiger partial charge in [-0.2, -0.15) is 5.10 Å². The van der Waals surface area contributed by atoms with E-state index in [-0.39, 0.29) is 0 Å². The van der Waals surface area contributed by atoms with Crippen molar-refractivity contribution in [2.24, 2.45) is 5.92 Å². The van der Waals surface area contributed by atoms with Gasteiger partial charge in [0.25, 0.3) is 0 Å². The van der Waals surface area contributed by atoms with Gasteiger partial charge in [0, 0.05) is 6.04 Å². The minimum atomic E-state index is 0.585. The summed E-state index contributed by atoms with van der Waals surface area (Å²) >= 11 is 0. The summed E-state index contributed by atoms with van der Waals surface area (Å²) in [7, 11) is 0. The number of nitrogens with zero attached hydrogens (tertiary/aromatic N) is 3. The summed E-state index contributed by atoms with van der Waals surface area (Å²) in [5.74, 6) is 2.01. The minimum Gasteiger partial charge on any atom is -0.307 e. The highest BCUT2D eigenvalue weighted by Gasteiger charge is 2.25. The van der Waals surface area contributed by atoms with Crippen molar-refractivity contribution >= 4 is 0 Å². The number of hydrogen-bond acceptors (Lipinski definition) is 3. The van der Waals surface area contributed by atoms with Gasteiger partial charge in [-0.15, -0.1) is 0 Å². The quantitative estimate of drug-likeness (QED) is 0.871. The normalized spacial score (nSPS) is 28.5. The van der Waals surface area contributed by atoms with E-state index in [0.717, 1.165) is 24.3 Å². The van der Waals surface area contributed by atoms with Crippen LogP contribution in [0.15, 0.2) is 6.33 Å². The largest absolute Gasteiger partial charge is 0.307 e. The Morgan fingerprint density at radius 1 is 1.33 bits per heavy atom. The molecule has 2 atom stereocenters. The van der Waals surface area contributed by atoms with E-state index in [2.05, 4.69) is 27.0 Å². The molecule has 0 radical (unpaired) electrons. The van der Waals surface area contributed by atoms with Crippen LogP contribution in [0.3, 0.4) is 0 Å². The molecule has 2 aliphatic rings. The van der Waals surface area contributed by atoms with E-state index in [4.69, 9.17) is 0 Å². The lowest BCUT2D eigenvalue weighted by Gasteiger charge is -2.29. The van der Waals surface area contributed by atoms with Crippen LogP contribution in [0.1, 0.15) is 63.7 Å². The topological polar surface area (TPSA) is 42.7 Å². The van der Waals surface area contributed by atoms with E-state index in [0.29, 0.717) is 6.04 Å². The molecule has 0 bridgehead atoms. The maximum atomic E-state index is 4.47. The maximum Gasteiger partial charge on any atom is 0.141 e. The van der Waals surface area contributed by atoms with Gasteiger partial charge in [0.2, 0.25) is 0 Å². The average molecular weight is 248 g/mol. The molecule has 0 aromatic carbocycles. The van der Waals surface area contributed by atoms with Gasteiger partial charge in [0.1, 0.15) is 12.2 Å². The van der Waals surface area contributed by atoms with Crippen molar-refractivity contribution in [1.82, 2.24) is 20.1 Å². The number of hydrogen-bond donors (Lipinski definition) is 1. The van der Waals surface area contributed by atoms with Crippen LogP contribution in [-0.2, 0) is 6.54 Å². The first-order valence-corrected chi connectivity index (χ1v) is 7.48. The van der Waals surface area contributed by atoms with E-state index in [9.17, 15) is 0 Å². The molecule has 100 valence electrons. The van der Waals surface area contributed by atoms with Gasteiger partial charge in [-0.3, -0.25) is 0 Å². The molecule has 0 spiro atoms. The molecule has 0 aliphatic heterocycles. The van der Waals surface area contributed by atoms with Crippen LogP contribution in [0, 0.1) is 5.92 Å². The second kappa shape index (κ2) is 5.39. The first kappa shape index (κ1) is 12.2. The van der Waals surface area contributed by atoms with Gasteiger partial charge in [0.15, 0.2) is 0 Å². The molecule has 0 amide bonds. The molecule has 2 unspecified atom stereocenters. The van der Waals surface area contributed by atoms with Crippen LogP contribution < -0.4 is 5.32 Å². The Labute approximate surface area is 109 Å². The second-order valence-corrected chi connectivity index (χ2v) is 5.87. The standard InChI is InChI=1S/C14H24N4/c1-2-11-4-3-5-13(8-11)18-14(16-10-17-18)9-15-12-6-7-12/h10-13,15H,2-9H2,1H3. The van der Waals surface area contributed by atoms with E-state index in [1.807, 2.05) is 0 Å². The molecular weight excluding hydrogens is 224 g/mol. The van der Waals surface area contributed by atoms with Gasteiger partial charge in [0.05, 0.1) is 12.6 Å². The van der Waals surface area contributed by atoms with Crippen molar-refractivity contribution < 1.29 is 0 Å². The monoisotopic (exact) mass is 248 g/mol. The van der Waals surface area contributed by atoms with E-state index in [1.54, 1.807) is 6.33 Å². The summed E-state index contributed by atoms with van der Waals surface area (Å²) in [6.07, 6.45) is 11.0. The van der Waals surface area contributed by atoms with Crippen molar-refractivity contribution in [2.75, 3.05) is 0 Å². The average Bonchev–Trinajstić information content (AvgIpc) is 3.13. The highest BCUT2D eigenvalue weighted by atomic mass is 15.4. The highest BCUT2D eigenvalue weighted by molar-refractivity contribution is 4.92. The van der Waals surface area contributed by atoms with Gasteiger partial charge < -0.3 is 5.32 Å². The number of aromatic nitrogens is 3. The van der Waals surface area contributed by atoms with Crippen molar-refractivity contribution in [2.45, 2.75) is 70.5 Å². The third kappa shape index (κ3) is 2.74. The molecule has 1 heterocycles. The maximum absolute atomic E-state index is 4.47. The lowest BCUT2D eigenvalue weighted by Crippen LogP contribution is -2.25. The van der Waals surface area contributed by atoms with E-state index < -0.39 is 0 Å². The summed E-state index contributed by atoms with van der Waals surface area (Å²) in [5, 5.41) is 8.01. The van der Waals surface area contributed by atoms with Crippen LogP contribution in [0.2, 0.25) is 0 Å². The molecule has 2 fully saturated rings. The van der Waals surface area contributed by atoms with Crippen molar-refractivity contribution in [3.05, 3.63) is 12.2 Å². The molecule has 0 saturated heterocycles. The van der Waals surface area contributed by atoms with Gasteiger partial charge in [-0.05, 0) is 31.6 Å². The fourth-order valence-electron chi connectivity index (χ4n) is 3.08. The Hall–Kier alpha value is -0.900. The molecule has 1 aromatic heterocycles. The zero-order chi connectivity index (χ0) is 12.4. The zero-order valence-corrected chi connectivity index (χ0v) is 11.3. The Balaban J connectivity index is 1.64. The Morgan fingerprint density at radius 3 is 3.00 bits per heavy atom. The predicted octanol–water partition coefficient (Wildman–Crippen LogP) is 2.67. The third-order valence-electron chi connectivity index (χ3n) is 4.45. The molecule has 2 aliphatic carbocycles. The summed E-state index contributed by atoms with van der Waals surface area (Å²) in [4.78, 5) is 4.43. The fourth-order valence-corrected chi connectivity index (χ4v) is 3.08. The number of rotatable bonds is 5. The third-order valence-corrected chi connectivity index (χ3v) is 4.45. The van der Waals surface area contributed by atoms with E-state index in [1.165, 1.54) is 44.9 Å². The van der Waals surface area contributed by atoms with Crippen molar-refractivity contribution in [3.63, 3.8) is 0 Å². The van der Waals surface area contributed by atoms with E-state index >= 15 is 0 Å². The Kier molecular flexibility index (Phi) is 3.64. The van der Waals surface area contributed by atoms with Crippen LogP contribution in [-0.4, -0.2) is 20.8 Å². The molecule has 18 heavy (non-hydrogen) atoms. The van der Waals surface area contributed by atoms with Gasteiger partial charge >= 0.3 is 0 Å². The molecule has 3 rings (SSSR count). The predicted molar refractivity (Wildman–Crippen MR) is 71.2 cm³/mol. The van der Waals surface area contributed by atoms with Crippen LogP contribution >= 0.6 is 0 Å². The van der Waals surface area contributed by atoms with Crippen molar-refractivity contribution in [1.29, 1.82) is 0 Å². The summed E-state index contributed by atoms with van der Waals surface area (Å²) in [6.45, 7) is 3.20. The summed E-state index contributed by atoms with van der Waals surface area (Å²) in [6, 6.07) is 1.33. The molecule has 1 N–H and O–H groups in total. The molecule has 4 nitrogen and oxygen atoms in total. The van der Waals surface area contributed by atoms with Crippen LogP contribution in [0.5, 0.6) is 0 Å². The molecule has 4 heteroatoms. The van der Waals surface area contributed by atoms with Gasteiger partial charge in [-0.1, -0.05) is 26.2 Å². The lowest BCUT2D eigenvalue weighted by atomic mass is 9.84. The Morgan fingerprint density at radius 2 is 2.22 bits per heavy atom. The fraction of sp³-hybridized carbons (Fsp3) is 0.857. The second-order valence-electron chi connectivity index (χ2n) is 5.87. The lowest BCUT2D eigenvalue weighted by molar-refractivity contribution is 0.242. The van der Waals surface area contributed by atoms with Crippen LogP contribution in [0.4, 0.5) is 0 Å². The summed E-state index contributed by atoms with van der Waals surface area (Å²) < 4.78 is 2.19. The molecular formula is C14H24N4. The zero-order valence-electron chi connectivity index (χ0n) is 11.3. The first-order chi connectivity index (χ1) is 8.86. The SMILES string of the molecule is CCC1CCCC(n2ncnc2CNC2CC2)C1. The number of nitrogens with one attached hydrogen (secondary N) is 1. The molecule has 1 aromatic rings. The smallest absolute Gasteiger partial charge is 0.141 e.